The van der Waals surface area contributed by atoms with E-state index in [4.69, 9.17) is 11.6 Å². The predicted molar refractivity (Wildman–Crippen MR) is 102 cm³/mol. The van der Waals surface area contributed by atoms with E-state index in [1.807, 2.05) is 12.1 Å². The van der Waals surface area contributed by atoms with Gasteiger partial charge in [0.1, 0.15) is 0 Å². The smallest absolute Gasteiger partial charge is 0.0423 e. The Balaban J connectivity index is 1.94. The molecule has 2 heteroatoms. The van der Waals surface area contributed by atoms with Crippen molar-refractivity contribution in [3.63, 3.8) is 0 Å². The quantitative estimate of drug-likeness (QED) is 0.421. The van der Waals surface area contributed by atoms with Gasteiger partial charge in [-0.2, -0.15) is 0 Å². The minimum absolute atomic E-state index is 0.0549. The van der Waals surface area contributed by atoms with E-state index in [2.05, 4.69) is 78.3 Å². The standard InChI is InChI=1S/C21H16BrCl/c1-21(2)19-6-4-3-5-17(19)18-11-13(7-8-20(18)21)14-9-15(22)12-16(23)10-14/h3-12H,1-2H3. The molecule has 0 fully saturated rings. The van der Waals surface area contributed by atoms with E-state index in [0.29, 0.717) is 0 Å². The second-order valence-corrected chi connectivity index (χ2v) is 7.94. The molecule has 114 valence electrons. The second kappa shape index (κ2) is 5.22. The molecule has 0 N–H and O–H groups in total. The van der Waals surface area contributed by atoms with Gasteiger partial charge in [0.15, 0.2) is 0 Å². The zero-order valence-electron chi connectivity index (χ0n) is 13.0. The first kappa shape index (κ1) is 15.0. The highest BCUT2D eigenvalue weighted by atomic mass is 79.9. The van der Waals surface area contributed by atoms with Crippen molar-refractivity contribution in [1.29, 1.82) is 0 Å². The van der Waals surface area contributed by atoms with E-state index in [-0.39, 0.29) is 5.41 Å². The van der Waals surface area contributed by atoms with Gasteiger partial charge in [0.25, 0.3) is 0 Å². The average molecular weight is 384 g/mol. The molecule has 0 bridgehead atoms. The van der Waals surface area contributed by atoms with Crippen LogP contribution in [0.4, 0.5) is 0 Å². The van der Waals surface area contributed by atoms with Crippen LogP contribution in [0.3, 0.4) is 0 Å². The molecule has 0 nitrogen and oxygen atoms in total. The molecule has 0 atom stereocenters. The lowest BCUT2D eigenvalue weighted by atomic mass is 9.82. The third-order valence-electron chi connectivity index (χ3n) is 4.78. The summed E-state index contributed by atoms with van der Waals surface area (Å²) >= 11 is 9.75. The van der Waals surface area contributed by atoms with Crippen molar-refractivity contribution in [1.82, 2.24) is 0 Å². The number of benzene rings is 3. The van der Waals surface area contributed by atoms with Gasteiger partial charge in [-0.1, -0.05) is 77.8 Å². The SMILES string of the molecule is CC1(C)c2ccccc2-c2cc(-c3cc(Cl)cc(Br)c3)ccc21. The Morgan fingerprint density at radius 1 is 0.783 bits per heavy atom. The van der Waals surface area contributed by atoms with Crippen LogP contribution in [-0.4, -0.2) is 0 Å². The summed E-state index contributed by atoms with van der Waals surface area (Å²) in [6, 6.07) is 21.5. The molecule has 0 aliphatic heterocycles. The Kier molecular flexibility index (Phi) is 3.40. The maximum Gasteiger partial charge on any atom is 0.0423 e. The van der Waals surface area contributed by atoms with Crippen molar-refractivity contribution < 1.29 is 0 Å². The van der Waals surface area contributed by atoms with Crippen LogP contribution in [0.1, 0.15) is 25.0 Å². The molecule has 1 aliphatic carbocycles. The maximum absolute atomic E-state index is 6.21. The molecule has 0 saturated heterocycles. The van der Waals surface area contributed by atoms with E-state index >= 15 is 0 Å². The van der Waals surface area contributed by atoms with Crippen LogP contribution < -0.4 is 0 Å². The van der Waals surface area contributed by atoms with Crippen molar-refractivity contribution >= 4 is 27.5 Å². The third-order valence-corrected chi connectivity index (χ3v) is 5.46. The number of hydrogen-bond acceptors (Lipinski definition) is 0. The summed E-state index contributed by atoms with van der Waals surface area (Å²) in [5.74, 6) is 0. The fourth-order valence-corrected chi connectivity index (χ4v) is 4.48. The average Bonchev–Trinajstić information content (AvgIpc) is 2.75. The summed E-state index contributed by atoms with van der Waals surface area (Å²) in [6.45, 7) is 4.60. The summed E-state index contributed by atoms with van der Waals surface area (Å²) in [7, 11) is 0. The van der Waals surface area contributed by atoms with Crippen molar-refractivity contribution in [2.45, 2.75) is 19.3 Å². The van der Waals surface area contributed by atoms with Gasteiger partial charge in [-0.15, -0.1) is 0 Å². The summed E-state index contributed by atoms with van der Waals surface area (Å²) in [6.07, 6.45) is 0. The third kappa shape index (κ3) is 2.34. The molecule has 1 aliphatic rings. The lowest BCUT2D eigenvalue weighted by Crippen LogP contribution is -2.14. The summed E-state index contributed by atoms with van der Waals surface area (Å²) in [5.41, 5.74) is 7.85. The van der Waals surface area contributed by atoms with Gasteiger partial charge in [-0.25, -0.2) is 0 Å². The first-order valence-electron chi connectivity index (χ1n) is 7.68. The molecule has 0 radical (unpaired) electrons. The molecule has 23 heavy (non-hydrogen) atoms. The Morgan fingerprint density at radius 2 is 1.52 bits per heavy atom. The van der Waals surface area contributed by atoms with Crippen molar-refractivity contribution in [3.05, 3.63) is 81.3 Å². The fourth-order valence-electron chi connectivity index (χ4n) is 3.62. The van der Waals surface area contributed by atoms with Crippen LogP contribution in [0.2, 0.25) is 5.02 Å². The Labute approximate surface area is 150 Å². The normalized spacial score (nSPS) is 14.4. The molecular weight excluding hydrogens is 368 g/mol. The van der Waals surface area contributed by atoms with E-state index in [1.165, 1.54) is 27.8 Å². The molecule has 0 amide bonds. The first-order chi connectivity index (χ1) is 11.0. The van der Waals surface area contributed by atoms with Crippen LogP contribution in [0, 0.1) is 0 Å². The minimum Gasteiger partial charge on any atom is -0.0843 e. The van der Waals surface area contributed by atoms with E-state index in [0.717, 1.165) is 15.1 Å². The second-order valence-electron chi connectivity index (χ2n) is 6.59. The van der Waals surface area contributed by atoms with Gasteiger partial charge in [-0.3, -0.25) is 0 Å². The molecule has 0 heterocycles. The zero-order valence-corrected chi connectivity index (χ0v) is 15.4. The molecular formula is C21H16BrCl. The Bertz CT molecular complexity index is 905. The largest absolute Gasteiger partial charge is 0.0843 e. The fraction of sp³-hybridized carbons (Fsp3) is 0.143. The van der Waals surface area contributed by atoms with Gasteiger partial charge in [0, 0.05) is 14.9 Å². The van der Waals surface area contributed by atoms with E-state index in [1.54, 1.807) is 0 Å². The molecule has 3 aromatic carbocycles. The predicted octanol–water partition coefficient (Wildman–Crippen LogP) is 7.08. The highest BCUT2D eigenvalue weighted by Crippen LogP contribution is 2.49. The van der Waals surface area contributed by atoms with Gasteiger partial charge >= 0.3 is 0 Å². The summed E-state index contributed by atoms with van der Waals surface area (Å²) < 4.78 is 1.00. The molecule has 4 rings (SSSR count). The number of fused-ring (bicyclic) bond motifs is 3. The Morgan fingerprint density at radius 3 is 2.30 bits per heavy atom. The molecule has 0 aromatic heterocycles. The van der Waals surface area contributed by atoms with Gasteiger partial charge in [-0.05, 0) is 57.6 Å². The molecule has 3 aromatic rings. The monoisotopic (exact) mass is 382 g/mol. The topological polar surface area (TPSA) is 0 Å². The minimum atomic E-state index is 0.0549. The maximum atomic E-state index is 6.21. The van der Waals surface area contributed by atoms with Crippen molar-refractivity contribution in [3.8, 4) is 22.3 Å². The van der Waals surface area contributed by atoms with Gasteiger partial charge in [0.2, 0.25) is 0 Å². The van der Waals surface area contributed by atoms with Gasteiger partial charge < -0.3 is 0 Å². The summed E-state index contributed by atoms with van der Waals surface area (Å²) in [4.78, 5) is 0. The van der Waals surface area contributed by atoms with E-state index < -0.39 is 0 Å². The molecule has 0 spiro atoms. The van der Waals surface area contributed by atoms with Crippen LogP contribution in [0.15, 0.2) is 65.1 Å². The molecule has 0 unspecified atom stereocenters. The highest BCUT2D eigenvalue weighted by molar-refractivity contribution is 9.10. The lowest BCUT2D eigenvalue weighted by Gasteiger charge is -2.21. The Hall–Kier alpha value is -1.57. The number of hydrogen-bond donors (Lipinski definition) is 0. The summed E-state index contributed by atoms with van der Waals surface area (Å²) in [5, 5.41) is 0.746. The number of halogens is 2. The molecule has 0 saturated carbocycles. The van der Waals surface area contributed by atoms with Crippen molar-refractivity contribution in [2.24, 2.45) is 0 Å². The van der Waals surface area contributed by atoms with Crippen LogP contribution >= 0.6 is 27.5 Å². The van der Waals surface area contributed by atoms with Crippen LogP contribution in [0.5, 0.6) is 0 Å². The van der Waals surface area contributed by atoms with Crippen molar-refractivity contribution in [2.75, 3.05) is 0 Å². The first-order valence-corrected chi connectivity index (χ1v) is 8.85. The zero-order chi connectivity index (χ0) is 16.2. The van der Waals surface area contributed by atoms with Crippen LogP contribution in [0.25, 0.3) is 22.3 Å². The highest BCUT2D eigenvalue weighted by Gasteiger charge is 2.34. The number of rotatable bonds is 1. The van der Waals surface area contributed by atoms with Crippen LogP contribution in [-0.2, 0) is 5.41 Å². The van der Waals surface area contributed by atoms with E-state index in [9.17, 15) is 0 Å². The lowest BCUT2D eigenvalue weighted by molar-refractivity contribution is 0.660. The van der Waals surface area contributed by atoms with Gasteiger partial charge in [0.05, 0.1) is 0 Å².